The zero-order valence-electron chi connectivity index (χ0n) is 12.0. The van der Waals surface area contributed by atoms with Gasteiger partial charge in [-0.2, -0.15) is 0 Å². The highest BCUT2D eigenvalue weighted by Crippen LogP contribution is 2.19. The molecule has 1 amide bonds. The quantitative estimate of drug-likeness (QED) is 0.791. The number of carbonyl (C=O) groups excluding carboxylic acids is 1. The van der Waals surface area contributed by atoms with Crippen LogP contribution in [0.15, 0.2) is 10.6 Å². The first-order chi connectivity index (χ1) is 9.97. The molecule has 0 radical (unpaired) electrons. The first-order valence-corrected chi connectivity index (χ1v) is 8.24. The molecule has 1 aliphatic heterocycles. The van der Waals surface area contributed by atoms with E-state index < -0.39 is 15.3 Å². The molecule has 0 aliphatic carbocycles. The van der Waals surface area contributed by atoms with Crippen LogP contribution in [0.25, 0.3) is 0 Å². The first-order valence-electron chi connectivity index (χ1n) is 6.70. The van der Waals surface area contributed by atoms with Gasteiger partial charge in [-0.3, -0.25) is 4.79 Å². The van der Waals surface area contributed by atoms with Gasteiger partial charge in [-0.15, -0.1) is 0 Å². The van der Waals surface area contributed by atoms with Crippen LogP contribution in [0.5, 0.6) is 0 Å². The fourth-order valence-corrected chi connectivity index (χ4v) is 3.70. The predicted octanol–water partition coefficient (Wildman–Crippen LogP) is -0.0252. The maximum absolute atomic E-state index is 12.2. The van der Waals surface area contributed by atoms with E-state index in [1.54, 1.807) is 6.92 Å². The van der Waals surface area contributed by atoms with Crippen LogP contribution >= 0.6 is 0 Å². The lowest BCUT2D eigenvalue weighted by Gasteiger charge is -2.15. The molecule has 1 aromatic rings. The number of amides is 1. The number of methoxy groups -OCH3 is 1. The molecule has 21 heavy (non-hydrogen) atoms. The number of nitrogens with one attached hydrogen (secondary N) is 1. The van der Waals surface area contributed by atoms with Crippen LogP contribution in [0.4, 0.5) is 0 Å². The smallest absolute Gasteiger partial charge is 0.276 e. The fourth-order valence-electron chi connectivity index (χ4n) is 2.27. The maximum Gasteiger partial charge on any atom is 0.276 e. The van der Waals surface area contributed by atoms with Crippen molar-refractivity contribution in [3.8, 4) is 0 Å². The highest BCUT2D eigenvalue weighted by Gasteiger charge is 2.35. The lowest BCUT2D eigenvalue weighted by Crippen LogP contribution is -2.37. The van der Waals surface area contributed by atoms with E-state index >= 15 is 0 Å². The molecule has 118 valence electrons. The van der Waals surface area contributed by atoms with E-state index in [1.807, 2.05) is 0 Å². The Kier molecular flexibility index (Phi) is 4.96. The number of hydrogen-bond donors (Lipinski definition) is 1. The van der Waals surface area contributed by atoms with Crippen LogP contribution in [-0.2, 0) is 21.4 Å². The Bertz CT molecular complexity index is 598. The highest BCUT2D eigenvalue weighted by atomic mass is 32.2. The summed E-state index contributed by atoms with van der Waals surface area (Å²) in [5.74, 6) is 0.132. The van der Waals surface area contributed by atoms with Gasteiger partial charge in [0.15, 0.2) is 11.5 Å². The average Bonchev–Trinajstić information content (AvgIpc) is 3.07. The van der Waals surface area contributed by atoms with Crippen LogP contribution in [0, 0.1) is 0 Å². The molecule has 0 saturated carbocycles. The monoisotopic (exact) mass is 317 g/mol. The van der Waals surface area contributed by atoms with Crippen LogP contribution in [0.2, 0.25) is 0 Å². The molecule has 1 aliphatic rings. The summed E-state index contributed by atoms with van der Waals surface area (Å²) >= 11 is 0. The SMILES string of the molecule is CCNS(=O)(=O)C1CCN(C(=O)c2cc(COC)on2)C1. The number of nitrogens with zero attached hydrogens (tertiary/aromatic N) is 2. The van der Waals surface area contributed by atoms with Crippen molar-refractivity contribution in [2.24, 2.45) is 0 Å². The fraction of sp³-hybridized carbons (Fsp3) is 0.667. The third-order valence-electron chi connectivity index (χ3n) is 3.28. The standard InChI is InChI=1S/C12H19N3O5S/c1-3-13-21(17,18)10-4-5-15(7-10)12(16)11-6-9(8-19-2)20-14-11/h6,10,13H,3-5,7-8H2,1-2H3. The predicted molar refractivity (Wildman–Crippen MR) is 74.1 cm³/mol. The van der Waals surface area contributed by atoms with Crippen molar-refractivity contribution in [1.82, 2.24) is 14.8 Å². The van der Waals surface area contributed by atoms with Crippen LogP contribution in [0.3, 0.4) is 0 Å². The Balaban J connectivity index is 2.01. The molecule has 2 rings (SSSR count). The van der Waals surface area contributed by atoms with Gasteiger partial charge >= 0.3 is 0 Å². The van der Waals surface area contributed by atoms with Crippen molar-refractivity contribution in [1.29, 1.82) is 0 Å². The van der Waals surface area contributed by atoms with E-state index in [1.165, 1.54) is 18.1 Å². The molecular weight excluding hydrogens is 298 g/mol. The topological polar surface area (TPSA) is 102 Å². The summed E-state index contributed by atoms with van der Waals surface area (Å²) in [6, 6.07) is 1.51. The van der Waals surface area contributed by atoms with Crippen LogP contribution in [-0.4, -0.2) is 56.4 Å². The largest absolute Gasteiger partial charge is 0.377 e. The summed E-state index contributed by atoms with van der Waals surface area (Å²) in [6.45, 7) is 2.86. The van der Waals surface area contributed by atoms with Crippen molar-refractivity contribution in [2.75, 3.05) is 26.7 Å². The Labute approximate surface area is 123 Å². The molecule has 0 bridgehead atoms. The van der Waals surface area contributed by atoms with E-state index in [0.717, 1.165) is 0 Å². The van der Waals surface area contributed by atoms with E-state index in [-0.39, 0.29) is 24.8 Å². The van der Waals surface area contributed by atoms with Gasteiger partial charge in [-0.25, -0.2) is 13.1 Å². The van der Waals surface area contributed by atoms with Crippen LogP contribution < -0.4 is 4.72 Å². The average molecular weight is 317 g/mol. The van der Waals surface area contributed by atoms with Gasteiger partial charge in [0.1, 0.15) is 6.61 Å². The van der Waals surface area contributed by atoms with E-state index in [2.05, 4.69) is 9.88 Å². The van der Waals surface area contributed by atoms with E-state index in [4.69, 9.17) is 9.26 Å². The number of rotatable bonds is 6. The molecule has 2 heterocycles. The maximum atomic E-state index is 12.2. The van der Waals surface area contributed by atoms with Gasteiger partial charge in [0.25, 0.3) is 5.91 Å². The Hall–Kier alpha value is -1.45. The number of sulfonamides is 1. The zero-order chi connectivity index (χ0) is 15.5. The second-order valence-corrected chi connectivity index (χ2v) is 6.86. The number of ether oxygens (including phenoxy) is 1. The second-order valence-electron chi connectivity index (χ2n) is 4.82. The number of hydrogen-bond acceptors (Lipinski definition) is 6. The van der Waals surface area contributed by atoms with Crippen LogP contribution in [0.1, 0.15) is 29.6 Å². The molecule has 1 aromatic heterocycles. The summed E-state index contributed by atoms with van der Waals surface area (Å²) in [5, 5.41) is 3.11. The Morgan fingerprint density at radius 2 is 2.38 bits per heavy atom. The van der Waals surface area contributed by atoms with Gasteiger partial charge in [0.2, 0.25) is 10.0 Å². The third-order valence-corrected chi connectivity index (χ3v) is 5.23. The van der Waals surface area contributed by atoms with Gasteiger partial charge in [-0.05, 0) is 6.42 Å². The molecule has 1 fully saturated rings. The van der Waals surface area contributed by atoms with Gasteiger partial charge in [-0.1, -0.05) is 12.1 Å². The molecular formula is C12H19N3O5S. The molecule has 8 nitrogen and oxygen atoms in total. The first kappa shape index (κ1) is 15.9. The van der Waals surface area contributed by atoms with Crippen molar-refractivity contribution in [3.63, 3.8) is 0 Å². The summed E-state index contributed by atoms with van der Waals surface area (Å²) < 4.78 is 36.2. The second kappa shape index (κ2) is 6.54. The van der Waals surface area contributed by atoms with Crippen molar-refractivity contribution in [3.05, 3.63) is 17.5 Å². The summed E-state index contributed by atoms with van der Waals surface area (Å²) in [7, 11) is -1.86. The molecule has 0 spiro atoms. The zero-order valence-corrected chi connectivity index (χ0v) is 12.9. The Morgan fingerprint density at radius 3 is 3.05 bits per heavy atom. The number of aromatic nitrogens is 1. The molecule has 9 heteroatoms. The third kappa shape index (κ3) is 3.60. The normalized spacial score (nSPS) is 19.1. The van der Waals surface area contributed by atoms with Gasteiger partial charge < -0.3 is 14.2 Å². The molecule has 1 unspecified atom stereocenters. The lowest BCUT2D eigenvalue weighted by atomic mass is 10.3. The minimum Gasteiger partial charge on any atom is -0.377 e. The van der Waals surface area contributed by atoms with Crippen molar-refractivity contribution in [2.45, 2.75) is 25.2 Å². The van der Waals surface area contributed by atoms with Gasteiger partial charge in [0, 0.05) is 32.8 Å². The van der Waals surface area contributed by atoms with E-state index in [9.17, 15) is 13.2 Å². The molecule has 1 saturated heterocycles. The molecule has 1 N–H and O–H groups in total. The van der Waals surface area contributed by atoms with Crippen molar-refractivity contribution >= 4 is 15.9 Å². The number of likely N-dealkylation sites (tertiary alicyclic amines) is 1. The molecule has 1 atom stereocenters. The Morgan fingerprint density at radius 1 is 1.62 bits per heavy atom. The minimum atomic E-state index is -3.37. The summed E-state index contributed by atoms with van der Waals surface area (Å²) in [5.41, 5.74) is 0.170. The number of carbonyl (C=O) groups is 1. The van der Waals surface area contributed by atoms with Crippen molar-refractivity contribution < 1.29 is 22.5 Å². The van der Waals surface area contributed by atoms with Gasteiger partial charge in [0.05, 0.1) is 5.25 Å². The summed E-state index contributed by atoms with van der Waals surface area (Å²) in [6.07, 6.45) is 0.420. The highest BCUT2D eigenvalue weighted by molar-refractivity contribution is 7.90. The van der Waals surface area contributed by atoms with E-state index in [0.29, 0.717) is 25.3 Å². The molecule has 0 aromatic carbocycles. The summed E-state index contributed by atoms with van der Waals surface area (Å²) in [4.78, 5) is 13.7. The minimum absolute atomic E-state index is 0.167. The lowest BCUT2D eigenvalue weighted by molar-refractivity contribution is 0.0782.